The summed E-state index contributed by atoms with van der Waals surface area (Å²) >= 11 is 5.91. The zero-order chi connectivity index (χ0) is 25.1. The van der Waals surface area contributed by atoms with Gasteiger partial charge in [0.1, 0.15) is 11.6 Å². The highest BCUT2D eigenvalue weighted by molar-refractivity contribution is 6.30. The summed E-state index contributed by atoms with van der Waals surface area (Å²) in [4.78, 5) is 25.8. The van der Waals surface area contributed by atoms with Gasteiger partial charge in [-0.1, -0.05) is 48.0 Å². The molecule has 0 aliphatic heterocycles. The number of hydrogen-bond donors (Lipinski definition) is 1. The van der Waals surface area contributed by atoms with Gasteiger partial charge in [-0.05, 0) is 53.9 Å². The molecule has 0 bridgehead atoms. The lowest BCUT2D eigenvalue weighted by atomic mass is 10.1. The molecule has 0 aliphatic carbocycles. The van der Waals surface area contributed by atoms with Crippen LogP contribution >= 0.6 is 11.6 Å². The van der Waals surface area contributed by atoms with E-state index in [-0.39, 0.29) is 30.2 Å². The molecular weight excluding hydrogens is 481 g/mol. The number of amides is 1. The molecule has 0 atom stereocenters. The number of benzene rings is 3. The van der Waals surface area contributed by atoms with Crippen molar-refractivity contribution in [1.82, 2.24) is 24.5 Å². The third-order valence-corrected chi connectivity index (χ3v) is 6.31. The molecule has 182 valence electrons. The fourth-order valence-corrected chi connectivity index (χ4v) is 4.33. The van der Waals surface area contributed by atoms with E-state index in [1.54, 1.807) is 24.3 Å². The van der Waals surface area contributed by atoms with E-state index < -0.39 is 0 Å². The van der Waals surface area contributed by atoms with E-state index in [2.05, 4.69) is 15.5 Å². The van der Waals surface area contributed by atoms with Crippen LogP contribution in [0.1, 0.15) is 23.4 Å². The van der Waals surface area contributed by atoms with E-state index in [1.165, 1.54) is 16.7 Å². The Morgan fingerprint density at radius 2 is 1.64 bits per heavy atom. The summed E-state index contributed by atoms with van der Waals surface area (Å²) in [5.41, 5.74) is 2.33. The SMILES string of the molecule is O=C(CCc1nnc2n(Cc3ccc(F)cc3)c(=O)c3ccccc3n12)NCCc1ccc(Cl)cc1. The topological polar surface area (TPSA) is 81.3 Å². The Morgan fingerprint density at radius 1 is 0.917 bits per heavy atom. The average molecular weight is 504 g/mol. The molecule has 36 heavy (non-hydrogen) atoms. The van der Waals surface area contributed by atoms with Gasteiger partial charge in [0, 0.05) is 24.4 Å². The van der Waals surface area contributed by atoms with Crippen LogP contribution in [-0.2, 0) is 24.2 Å². The first-order chi connectivity index (χ1) is 17.5. The molecule has 0 radical (unpaired) electrons. The summed E-state index contributed by atoms with van der Waals surface area (Å²) in [6.07, 6.45) is 1.29. The van der Waals surface area contributed by atoms with Crippen molar-refractivity contribution in [2.75, 3.05) is 6.54 Å². The van der Waals surface area contributed by atoms with E-state index >= 15 is 0 Å². The van der Waals surface area contributed by atoms with Crippen molar-refractivity contribution < 1.29 is 9.18 Å². The van der Waals surface area contributed by atoms with Crippen LogP contribution in [0.5, 0.6) is 0 Å². The standard InChI is InChI=1S/C27H23ClFN5O2/c28-20-9-5-18(6-10-20)15-16-30-25(35)14-13-24-31-32-27-33(17-19-7-11-21(29)12-8-19)26(36)22-3-1-2-4-23(22)34(24)27/h1-12H,13-17H2,(H,30,35). The molecule has 3 aromatic carbocycles. The maximum absolute atomic E-state index is 13.4. The first kappa shape index (κ1) is 23.7. The average Bonchev–Trinajstić information content (AvgIpc) is 3.32. The predicted octanol–water partition coefficient (Wildman–Crippen LogP) is 4.18. The van der Waals surface area contributed by atoms with Gasteiger partial charge in [-0.2, -0.15) is 0 Å². The molecule has 0 saturated carbocycles. The van der Waals surface area contributed by atoms with E-state index in [0.29, 0.717) is 46.9 Å². The van der Waals surface area contributed by atoms with Crippen molar-refractivity contribution in [3.05, 3.63) is 111 Å². The molecule has 2 aromatic heterocycles. The van der Waals surface area contributed by atoms with Crippen molar-refractivity contribution in [2.24, 2.45) is 0 Å². The fourth-order valence-electron chi connectivity index (χ4n) is 4.20. The quantitative estimate of drug-likeness (QED) is 0.344. The number of rotatable bonds is 8. The van der Waals surface area contributed by atoms with Gasteiger partial charge < -0.3 is 5.32 Å². The molecule has 1 amide bonds. The smallest absolute Gasteiger partial charge is 0.263 e. The Bertz CT molecular complexity index is 1590. The number of para-hydroxylation sites is 1. The van der Waals surface area contributed by atoms with Crippen LogP contribution in [0, 0.1) is 5.82 Å². The van der Waals surface area contributed by atoms with Crippen LogP contribution in [0.25, 0.3) is 16.7 Å². The third kappa shape index (κ3) is 4.99. The van der Waals surface area contributed by atoms with Crippen LogP contribution in [0.3, 0.4) is 0 Å². The van der Waals surface area contributed by atoms with Crippen molar-refractivity contribution in [3.63, 3.8) is 0 Å². The van der Waals surface area contributed by atoms with Gasteiger partial charge in [0.2, 0.25) is 11.7 Å². The third-order valence-electron chi connectivity index (χ3n) is 6.05. The summed E-state index contributed by atoms with van der Waals surface area (Å²) < 4.78 is 16.7. The van der Waals surface area contributed by atoms with E-state index in [9.17, 15) is 14.0 Å². The number of carbonyl (C=O) groups is 1. The highest BCUT2D eigenvalue weighted by Gasteiger charge is 2.17. The summed E-state index contributed by atoms with van der Waals surface area (Å²) in [7, 11) is 0. The second kappa shape index (κ2) is 10.3. The zero-order valence-corrected chi connectivity index (χ0v) is 20.1. The molecule has 0 unspecified atom stereocenters. The molecule has 0 aliphatic rings. The molecule has 9 heteroatoms. The van der Waals surface area contributed by atoms with Gasteiger partial charge in [-0.25, -0.2) is 4.39 Å². The number of hydrogen-bond acceptors (Lipinski definition) is 4. The number of halogens is 2. The number of aryl methyl sites for hydroxylation is 1. The van der Waals surface area contributed by atoms with Crippen LogP contribution in [0.15, 0.2) is 77.6 Å². The summed E-state index contributed by atoms with van der Waals surface area (Å²) in [6.45, 7) is 0.734. The number of nitrogens with one attached hydrogen (secondary N) is 1. The number of nitrogens with zero attached hydrogens (tertiary/aromatic N) is 4. The minimum absolute atomic E-state index is 0.0929. The Balaban J connectivity index is 1.37. The fraction of sp³-hybridized carbons (Fsp3) is 0.185. The summed E-state index contributed by atoms with van der Waals surface area (Å²) in [6, 6.07) is 20.8. The van der Waals surface area contributed by atoms with Crippen LogP contribution in [-0.4, -0.2) is 31.6 Å². The maximum atomic E-state index is 13.4. The highest BCUT2D eigenvalue weighted by atomic mass is 35.5. The monoisotopic (exact) mass is 503 g/mol. The van der Waals surface area contributed by atoms with Crippen LogP contribution in [0.4, 0.5) is 4.39 Å². The van der Waals surface area contributed by atoms with Gasteiger partial charge in [0.15, 0.2) is 0 Å². The molecule has 2 heterocycles. The molecule has 5 rings (SSSR count). The molecule has 0 spiro atoms. The highest BCUT2D eigenvalue weighted by Crippen LogP contribution is 2.17. The second-order valence-corrected chi connectivity index (χ2v) is 8.95. The van der Waals surface area contributed by atoms with Gasteiger partial charge in [-0.3, -0.25) is 18.6 Å². The summed E-state index contributed by atoms with van der Waals surface area (Å²) in [5, 5.41) is 12.7. The molecule has 7 nitrogen and oxygen atoms in total. The van der Waals surface area contributed by atoms with Crippen molar-refractivity contribution in [3.8, 4) is 0 Å². The van der Waals surface area contributed by atoms with Crippen LogP contribution < -0.4 is 10.9 Å². The molecule has 0 saturated heterocycles. The Labute approximate surface area is 211 Å². The molecule has 5 aromatic rings. The predicted molar refractivity (Wildman–Crippen MR) is 137 cm³/mol. The lowest BCUT2D eigenvalue weighted by Crippen LogP contribution is -2.26. The Morgan fingerprint density at radius 3 is 2.42 bits per heavy atom. The number of fused-ring (bicyclic) bond motifs is 3. The van der Waals surface area contributed by atoms with E-state index in [4.69, 9.17) is 11.6 Å². The lowest BCUT2D eigenvalue weighted by Gasteiger charge is -2.12. The zero-order valence-electron chi connectivity index (χ0n) is 19.3. The van der Waals surface area contributed by atoms with Crippen molar-refractivity contribution >= 4 is 34.2 Å². The van der Waals surface area contributed by atoms with Crippen LogP contribution in [0.2, 0.25) is 5.02 Å². The van der Waals surface area contributed by atoms with E-state index in [0.717, 1.165) is 11.1 Å². The summed E-state index contributed by atoms with van der Waals surface area (Å²) in [5.74, 6) is 0.527. The van der Waals surface area contributed by atoms with Gasteiger partial charge in [-0.15, -0.1) is 10.2 Å². The molecule has 1 N–H and O–H groups in total. The largest absolute Gasteiger partial charge is 0.356 e. The normalized spacial score (nSPS) is 11.3. The minimum Gasteiger partial charge on any atom is -0.356 e. The maximum Gasteiger partial charge on any atom is 0.263 e. The molecule has 0 fully saturated rings. The van der Waals surface area contributed by atoms with Gasteiger partial charge in [0.05, 0.1) is 17.4 Å². The Hall–Kier alpha value is -4.04. The number of aromatic nitrogens is 4. The first-order valence-electron chi connectivity index (χ1n) is 11.6. The van der Waals surface area contributed by atoms with Gasteiger partial charge >= 0.3 is 0 Å². The number of carbonyl (C=O) groups excluding carboxylic acids is 1. The van der Waals surface area contributed by atoms with Gasteiger partial charge in [0.25, 0.3) is 5.56 Å². The van der Waals surface area contributed by atoms with E-state index in [1.807, 2.05) is 40.8 Å². The Kier molecular flexibility index (Phi) is 6.77. The minimum atomic E-state index is -0.342. The van der Waals surface area contributed by atoms with Crippen molar-refractivity contribution in [2.45, 2.75) is 25.8 Å². The second-order valence-electron chi connectivity index (χ2n) is 8.51. The molecular formula is C27H23ClFN5O2. The first-order valence-corrected chi connectivity index (χ1v) is 12.0. The van der Waals surface area contributed by atoms with Crippen molar-refractivity contribution in [1.29, 1.82) is 0 Å². The lowest BCUT2D eigenvalue weighted by molar-refractivity contribution is -0.121.